The number of hydrogen-bond acceptors (Lipinski definition) is 3. The number of carbonyl (C=O) groups is 1. The smallest absolute Gasteiger partial charge is 0.237 e. The number of aliphatic hydroxyl groups is 1. The normalized spacial score (nSPS) is 15.2. The van der Waals surface area contributed by atoms with Gasteiger partial charge in [-0.05, 0) is 24.7 Å². The summed E-state index contributed by atoms with van der Waals surface area (Å²) in [5.41, 5.74) is 5.76. The van der Waals surface area contributed by atoms with E-state index in [1.807, 2.05) is 13.8 Å². The van der Waals surface area contributed by atoms with Gasteiger partial charge < -0.3 is 16.2 Å². The van der Waals surface area contributed by atoms with E-state index in [0.29, 0.717) is 18.3 Å². The van der Waals surface area contributed by atoms with Gasteiger partial charge in [-0.3, -0.25) is 4.79 Å². The molecule has 0 aliphatic rings. The summed E-state index contributed by atoms with van der Waals surface area (Å²) >= 11 is 0. The van der Waals surface area contributed by atoms with E-state index < -0.39 is 6.04 Å². The summed E-state index contributed by atoms with van der Waals surface area (Å²) in [6.45, 7) is 8.15. The van der Waals surface area contributed by atoms with E-state index in [1.165, 1.54) is 0 Å². The minimum Gasteiger partial charge on any atom is -0.394 e. The lowest BCUT2D eigenvalue weighted by Gasteiger charge is -2.21. The van der Waals surface area contributed by atoms with E-state index >= 15 is 0 Å². The number of amides is 1. The van der Waals surface area contributed by atoms with Gasteiger partial charge in [0, 0.05) is 0 Å². The van der Waals surface area contributed by atoms with Crippen LogP contribution >= 0.6 is 0 Å². The van der Waals surface area contributed by atoms with Crippen molar-refractivity contribution in [3.63, 3.8) is 0 Å². The van der Waals surface area contributed by atoms with Crippen LogP contribution in [0, 0.1) is 11.8 Å². The Morgan fingerprint density at radius 2 is 1.69 bits per heavy atom. The highest BCUT2D eigenvalue weighted by Crippen LogP contribution is 2.06. The second-order valence-electron chi connectivity index (χ2n) is 5.25. The monoisotopic (exact) mass is 230 g/mol. The van der Waals surface area contributed by atoms with Gasteiger partial charge in [0.15, 0.2) is 0 Å². The number of nitrogens with one attached hydrogen (secondary N) is 1. The van der Waals surface area contributed by atoms with Crippen LogP contribution in [0.15, 0.2) is 0 Å². The third-order valence-corrected chi connectivity index (χ3v) is 2.38. The Bertz CT molecular complexity index is 205. The summed E-state index contributed by atoms with van der Waals surface area (Å²) < 4.78 is 0. The lowest BCUT2D eigenvalue weighted by molar-refractivity contribution is -0.123. The average Bonchev–Trinajstić information content (AvgIpc) is 2.14. The molecule has 0 aromatic carbocycles. The predicted octanol–water partition coefficient (Wildman–Crippen LogP) is 0.883. The lowest BCUT2D eigenvalue weighted by atomic mass is 10.0. The molecule has 96 valence electrons. The first-order valence-corrected chi connectivity index (χ1v) is 6.03. The Morgan fingerprint density at radius 1 is 1.19 bits per heavy atom. The standard InChI is InChI=1S/C12H26N2O2/c1-8(2)5-10(7-15)14-12(16)11(13)6-9(3)4/h8-11,15H,5-7,13H2,1-4H3,(H,14,16)/t10-,11?/m1/s1. The van der Waals surface area contributed by atoms with Crippen LogP contribution < -0.4 is 11.1 Å². The molecular formula is C12H26N2O2. The Labute approximate surface area is 98.6 Å². The highest BCUT2D eigenvalue weighted by atomic mass is 16.3. The van der Waals surface area contributed by atoms with Crippen LogP contribution in [0.25, 0.3) is 0 Å². The van der Waals surface area contributed by atoms with E-state index in [1.54, 1.807) is 0 Å². The van der Waals surface area contributed by atoms with Crippen molar-refractivity contribution in [2.45, 2.75) is 52.6 Å². The van der Waals surface area contributed by atoms with Crippen molar-refractivity contribution in [3.05, 3.63) is 0 Å². The number of aliphatic hydroxyl groups excluding tert-OH is 1. The Kier molecular flexibility index (Phi) is 7.34. The van der Waals surface area contributed by atoms with E-state index in [2.05, 4.69) is 19.2 Å². The van der Waals surface area contributed by atoms with Crippen LogP contribution in [-0.2, 0) is 4.79 Å². The summed E-state index contributed by atoms with van der Waals surface area (Å²) in [5.74, 6) is 0.686. The Balaban J connectivity index is 4.08. The minimum atomic E-state index is -0.471. The second-order valence-corrected chi connectivity index (χ2v) is 5.25. The first-order chi connectivity index (χ1) is 7.36. The van der Waals surface area contributed by atoms with Crippen molar-refractivity contribution in [1.29, 1.82) is 0 Å². The molecule has 0 fully saturated rings. The molecule has 1 unspecified atom stereocenters. The zero-order valence-electron chi connectivity index (χ0n) is 10.9. The topological polar surface area (TPSA) is 75.4 Å². The maximum atomic E-state index is 11.7. The lowest BCUT2D eigenvalue weighted by Crippen LogP contribution is -2.47. The number of rotatable bonds is 7. The number of hydrogen-bond donors (Lipinski definition) is 3. The first kappa shape index (κ1) is 15.4. The van der Waals surface area contributed by atoms with Gasteiger partial charge in [-0.1, -0.05) is 27.7 Å². The van der Waals surface area contributed by atoms with Gasteiger partial charge in [0.2, 0.25) is 5.91 Å². The molecule has 0 saturated carbocycles. The van der Waals surface area contributed by atoms with Crippen LogP contribution in [0.5, 0.6) is 0 Å². The molecule has 0 rings (SSSR count). The summed E-state index contributed by atoms with van der Waals surface area (Å²) in [7, 11) is 0. The van der Waals surface area contributed by atoms with Crippen molar-refractivity contribution in [2.24, 2.45) is 17.6 Å². The Morgan fingerprint density at radius 3 is 2.06 bits per heavy atom. The zero-order valence-corrected chi connectivity index (χ0v) is 10.9. The molecule has 0 heterocycles. The van der Waals surface area contributed by atoms with Crippen molar-refractivity contribution in [1.82, 2.24) is 5.32 Å². The number of nitrogens with two attached hydrogens (primary N) is 1. The van der Waals surface area contributed by atoms with Gasteiger partial charge >= 0.3 is 0 Å². The van der Waals surface area contributed by atoms with Crippen LogP contribution in [0.4, 0.5) is 0 Å². The quantitative estimate of drug-likeness (QED) is 0.608. The van der Waals surface area contributed by atoms with Crippen LogP contribution in [0.3, 0.4) is 0 Å². The van der Waals surface area contributed by atoms with Crippen molar-refractivity contribution in [2.75, 3.05) is 6.61 Å². The molecule has 0 aromatic rings. The molecule has 16 heavy (non-hydrogen) atoms. The molecule has 0 bridgehead atoms. The maximum absolute atomic E-state index is 11.7. The van der Waals surface area contributed by atoms with Gasteiger partial charge in [0.1, 0.15) is 0 Å². The third kappa shape index (κ3) is 6.80. The first-order valence-electron chi connectivity index (χ1n) is 6.03. The van der Waals surface area contributed by atoms with Crippen LogP contribution in [-0.4, -0.2) is 29.7 Å². The van der Waals surface area contributed by atoms with Gasteiger partial charge in [0.05, 0.1) is 18.7 Å². The second kappa shape index (κ2) is 7.63. The molecule has 4 nitrogen and oxygen atoms in total. The molecule has 2 atom stereocenters. The largest absolute Gasteiger partial charge is 0.394 e. The SMILES string of the molecule is CC(C)CC(N)C(=O)N[C@@H](CO)CC(C)C. The molecule has 4 N–H and O–H groups in total. The summed E-state index contributed by atoms with van der Waals surface area (Å²) in [4.78, 5) is 11.7. The van der Waals surface area contributed by atoms with E-state index in [0.717, 1.165) is 6.42 Å². The van der Waals surface area contributed by atoms with Gasteiger partial charge in [-0.2, -0.15) is 0 Å². The van der Waals surface area contributed by atoms with Crippen molar-refractivity contribution < 1.29 is 9.90 Å². The van der Waals surface area contributed by atoms with Gasteiger partial charge in [-0.25, -0.2) is 0 Å². The highest BCUT2D eigenvalue weighted by molar-refractivity contribution is 5.81. The van der Waals surface area contributed by atoms with Gasteiger partial charge in [0.25, 0.3) is 0 Å². The molecule has 0 spiro atoms. The molecule has 0 aliphatic carbocycles. The van der Waals surface area contributed by atoms with Crippen LogP contribution in [0.1, 0.15) is 40.5 Å². The molecule has 4 heteroatoms. The fourth-order valence-electron chi connectivity index (χ4n) is 1.67. The zero-order chi connectivity index (χ0) is 12.7. The van der Waals surface area contributed by atoms with E-state index in [-0.39, 0.29) is 18.6 Å². The average molecular weight is 230 g/mol. The minimum absolute atomic E-state index is 0.0294. The molecule has 0 aliphatic heterocycles. The molecule has 1 amide bonds. The van der Waals surface area contributed by atoms with E-state index in [4.69, 9.17) is 10.8 Å². The summed E-state index contributed by atoms with van der Waals surface area (Å²) in [6, 6.07) is -0.646. The van der Waals surface area contributed by atoms with Crippen LogP contribution in [0.2, 0.25) is 0 Å². The van der Waals surface area contributed by atoms with Crippen molar-refractivity contribution >= 4 is 5.91 Å². The fraction of sp³-hybridized carbons (Fsp3) is 0.917. The van der Waals surface area contributed by atoms with Crippen molar-refractivity contribution in [3.8, 4) is 0 Å². The fourth-order valence-corrected chi connectivity index (χ4v) is 1.67. The predicted molar refractivity (Wildman–Crippen MR) is 65.9 cm³/mol. The molecular weight excluding hydrogens is 204 g/mol. The molecule has 0 radical (unpaired) electrons. The molecule has 0 saturated heterocycles. The maximum Gasteiger partial charge on any atom is 0.237 e. The summed E-state index contributed by atoms with van der Waals surface area (Å²) in [6.07, 6.45) is 1.45. The number of carbonyl (C=O) groups excluding carboxylic acids is 1. The highest BCUT2D eigenvalue weighted by Gasteiger charge is 2.19. The Hall–Kier alpha value is -0.610. The summed E-state index contributed by atoms with van der Waals surface area (Å²) in [5, 5.41) is 11.9. The molecule has 0 aromatic heterocycles. The van der Waals surface area contributed by atoms with Gasteiger partial charge in [-0.15, -0.1) is 0 Å². The third-order valence-electron chi connectivity index (χ3n) is 2.38. The van der Waals surface area contributed by atoms with E-state index in [9.17, 15) is 4.79 Å².